The minimum absolute atomic E-state index is 0.104. The van der Waals surface area contributed by atoms with Gasteiger partial charge in [-0.2, -0.15) is 0 Å². The van der Waals surface area contributed by atoms with E-state index in [0.717, 1.165) is 49.0 Å². The van der Waals surface area contributed by atoms with Crippen LogP contribution in [0.3, 0.4) is 0 Å². The molecule has 1 aromatic rings. The number of benzene rings is 1. The van der Waals surface area contributed by atoms with Crippen molar-refractivity contribution < 1.29 is 19.0 Å². The number of carbonyl (C=O) groups excluding carboxylic acids is 1. The molecule has 166 valence electrons. The Labute approximate surface area is 179 Å². The number of hydrogen-bond donors (Lipinski definition) is 1. The first-order valence-corrected chi connectivity index (χ1v) is 10.8. The Morgan fingerprint density at radius 2 is 1.90 bits per heavy atom. The summed E-state index contributed by atoms with van der Waals surface area (Å²) in [6.45, 7) is 7.58. The number of morpholine rings is 1. The largest absolute Gasteiger partial charge is 0.493 e. The molecule has 2 aliphatic rings. The third kappa shape index (κ3) is 5.56. The molecule has 0 bridgehead atoms. The highest BCUT2D eigenvalue weighted by Crippen LogP contribution is 2.28. The molecular weight excluding hydrogens is 384 g/mol. The molecule has 2 fully saturated rings. The topological polar surface area (TPSA) is 75.6 Å². The number of nitrogens with zero attached hydrogens (tertiary/aromatic N) is 3. The van der Waals surface area contributed by atoms with Gasteiger partial charge < -0.3 is 29.3 Å². The van der Waals surface area contributed by atoms with Gasteiger partial charge in [0.05, 0.1) is 26.9 Å². The van der Waals surface area contributed by atoms with Gasteiger partial charge in [0.2, 0.25) is 5.91 Å². The average Bonchev–Trinajstić information content (AvgIpc) is 2.80. The number of guanidine groups is 1. The van der Waals surface area contributed by atoms with E-state index in [1.54, 1.807) is 14.2 Å². The summed E-state index contributed by atoms with van der Waals surface area (Å²) in [5, 5.41) is 3.44. The van der Waals surface area contributed by atoms with Crippen LogP contribution in [-0.2, 0) is 16.1 Å². The Balaban J connectivity index is 1.51. The second-order valence-electron chi connectivity index (χ2n) is 7.52. The van der Waals surface area contributed by atoms with E-state index in [4.69, 9.17) is 14.2 Å². The van der Waals surface area contributed by atoms with E-state index in [-0.39, 0.29) is 11.8 Å². The van der Waals surface area contributed by atoms with E-state index in [1.165, 1.54) is 0 Å². The monoisotopic (exact) mass is 418 g/mol. The summed E-state index contributed by atoms with van der Waals surface area (Å²) in [6.07, 6.45) is 1.71. The van der Waals surface area contributed by atoms with Crippen molar-refractivity contribution in [2.75, 3.05) is 60.2 Å². The highest BCUT2D eigenvalue weighted by atomic mass is 16.5. The van der Waals surface area contributed by atoms with Crippen molar-refractivity contribution >= 4 is 11.9 Å². The number of methoxy groups -OCH3 is 1. The quantitative estimate of drug-likeness (QED) is 0.560. The van der Waals surface area contributed by atoms with Gasteiger partial charge >= 0.3 is 0 Å². The first-order valence-electron chi connectivity index (χ1n) is 10.8. The summed E-state index contributed by atoms with van der Waals surface area (Å²) in [5.74, 6) is 2.73. The second-order valence-corrected chi connectivity index (χ2v) is 7.52. The van der Waals surface area contributed by atoms with Gasteiger partial charge in [0.25, 0.3) is 0 Å². The maximum absolute atomic E-state index is 12.7. The predicted molar refractivity (Wildman–Crippen MR) is 116 cm³/mol. The standard InChI is InChI=1S/C22H34N4O4/c1-4-30-20-15-17(5-6-19(20)28-3)16-24-22(23-2)26-9-7-18(8-10-26)21(27)25-11-13-29-14-12-25/h5-6,15,18H,4,7-14,16H2,1-3H3,(H,23,24). The molecule has 0 atom stereocenters. The van der Waals surface area contributed by atoms with Crippen molar-refractivity contribution in [3.63, 3.8) is 0 Å². The molecule has 1 aromatic carbocycles. The predicted octanol–water partition coefficient (Wildman–Crippen LogP) is 1.74. The van der Waals surface area contributed by atoms with Gasteiger partial charge in [0, 0.05) is 45.7 Å². The fraction of sp³-hybridized carbons (Fsp3) is 0.636. The molecule has 0 unspecified atom stereocenters. The maximum Gasteiger partial charge on any atom is 0.225 e. The van der Waals surface area contributed by atoms with E-state index >= 15 is 0 Å². The number of carbonyl (C=O) groups is 1. The number of aliphatic imine (C=N–C) groups is 1. The number of rotatable bonds is 6. The third-order valence-corrected chi connectivity index (χ3v) is 5.66. The summed E-state index contributed by atoms with van der Waals surface area (Å²) in [4.78, 5) is 21.4. The van der Waals surface area contributed by atoms with Crippen LogP contribution >= 0.6 is 0 Å². The van der Waals surface area contributed by atoms with Crippen LogP contribution in [0, 0.1) is 5.92 Å². The summed E-state index contributed by atoms with van der Waals surface area (Å²) < 4.78 is 16.4. The molecule has 1 N–H and O–H groups in total. The summed E-state index contributed by atoms with van der Waals surface area (Å²) >= 11 is 0. The number of hydrogen-bond acceptors (Lipinski definition) is 5. The Bertz CT molecular complexity index is 726. The number of amides is 1. The zero-order valence-corrected chi connectivity index (χ0v) is 18.4. The highest BCUT2D eigenvalue weighted by molar-refractivity contribution is 5.81. The van der Waals surface area contributed by atoms with Crippen LogP contribution in [0.5, 0.6) is 11.5 Å². The van der Waals surface area contributed by atoms with Gasteiger partial charge in [-0.3, -0.25) is 9.79 Å². The van der Waals surface area contributed by atoms with Gasteiger partial charge in [-0.15, -0.1) is 0 Å². The molecule has 8 heteroatoms. The van der Waals surface area contributed by atoms with Crippen molar-refractivity contribution in [2.24, 2.45) is 10.9 Å². The molecule has 0 aliphatic carbocycles. The van der Waals surface area contributed by atoms with E-state index in [2.05, 4.69) is 15.2 Å². The Morgan fingerprint density at radius 3 is 2.53 bits per heavy atom. The lowest BCUT2D eigenvalue weighted by Gasteiger charge is -2.36. The van der Waals surface area contributed by atoms with E-state index in [9.17, 15) is 4.79 Å². The van der Waals surface area contributed by atoms with Crippen molar-refractivity contribution in [1.29, 1.82) is 0 Å². The van der Waals surface area contributed by atoms with Crippen LogP contribution in [0.4, 0.5) is 0 Å². The molecule has 0 saturated carbocycles. The number of likely N-dealkylation sites (tertiary alicyclic amines) is 1. The lowest BCUT2D eigenvalue weighted by atomic mass is 9.95. The van der Waals surface area contributed by atoms with Crippen LogP contribution in [0.2, 0.25) is 0 Å². The second kappa shape index (κ2) is 11.1. The fourth-order valence-corrected chi connectivity index (χ4v) is 3.99. The minimum atomic E-state index is 0.104. The van der Waals surface area contributed by atoms with Gasteiger partial charge in [-0.25, -0.2) is 0 Å². The van der Waals surface area contributed by atoms with Gasteiger partial charge in [0.1, 0.15) is 0 Å². The normalized spacial score (nSPS) is 18.3. The molecule has 0 aromatic heterocycles. The average molecular weight is 419 g/mol. The smallest absolute Gasteiger partial charge is 0.225 e. The summed E-state index contributed by atoms with van der Waals surface area (Å²) in [6, 6.07) is 5.94. The maximum atomic E-state index is 12.7. The highest BCUT2D eigenvalue weighted by Gasteiger charge is 2.30. The zero-order valence-electron chi connectivity index (χ0n) is 18.4. The van der Waals surface area contributed by atoms with Crippen molar-refractivity contribution in [1.82, 2.24) is 15.1 Å². The van der Waals surface area contributed by atoms with Crippen molar-refractivity contribution in [3.8, 4) is 11.5 Å². The Morgan fingerprint density at radius 1 is 1.17 bits per heavy atom. The lowest BCUT2D eigenvalue weighted by Crippen LogP contribution is -2.49. The van der Waals surface area contributed by atoms with Crippen LogP contribution in [0.1, 0.15) is 25.3 Å². The summed E-state index contributed by atoms with van der Waals surface area (Å²) in [5.41, 5.74) is 1.10. The molecule has 0 radical (unpaired) electrons. The number of nitrogens with one attached hydrogen (secondary N) is 1. The number of piperidine rings is 1. The van der Waals surface area contributed by atoms with Gasteiger partial charge in [-0.05, 0) is 37.5 Å². The molecule has 30 heavy (non-hydrogen) atoms. The first-order chi connectivity index (χ1) is 14.7. The SMILES string of the molecule is CCOc1cc(CNC(=NC)N2CCC(C(=O)N3CCOCC3)CC2)ccc1OC. The zero-order chi connectivity index (χ0) is 21.3. The van der Waals surface area contributed by atoms with Gasteiger partial charge in [0.15, 0.2) is 17.5 Å². The van der Waals surface area contributed by atoms with Crippen molar-refractivity contribution in [2.45, 2.75) is 26.3 Å². The van der Waals surface area contributed by atoms with Crippen molar-refractivity contribution in [3.05, 3.63) is 23.8 Å². The molecule has 8 nitrogen and oxygen atoms in total. The van der Waals surface area contributed by atoms with E-state index in [1.807, 2.05) is 30.0 Å². The lowest BCUT2D eigenvalue weighted by molar-refractivity contribution is -0.140. The van der Waals surface area contributed by atoms with Crippen LogP contribution in [0.25, 0.3) is 0 Å². The Hall–Kier alpha value is -2.48. The van der Waals surface area contributed by atoms with E-state index in [0.29, 0.717) is 39.5 Å². The van der Waals surface area contributed by atoms with Crippen LogP contribution in [0.15, 0.2) is 23.2 Å². The van der Waals surface area contributed by atoms with Crippen LogP contribution in [-0.4, -0.2) is 81.8 Å². The minimum Gasteiger partial charge on any atom is -0.493 e. The molecular formula is C22H34N4O4. The van der Waals surface area contributed by atoms with E-state index < -0.39 is 0 Å². The molecule has 3 rings (SSSR count). The Kier molecular flexibility index (Phi) is 8.19. The third-order valence-electron chi connectivity index (χ3n) is 5.66. The fourth-order valence-electron chi connectivity index (χ4n) is 3.99. The first kappa shape index (κ1) is 22.2. The molecule has 2 saturated heterocycles. The molecule has 2 heterocycles. The van der Waals surface area contributed by atoms with Gasteiger partial charge in [-0.1, -0.05) is 6.07 Å². The van der Waals surface area contributed by atoms with Crippen LogP contribution < -0.4 is 14.8 Å². The number of ether oxygens (including phenoxy) is 3. The molecule has 2 aliphatic heterocycles. The molecule has 0 spiro atoms. The molecule has 1 amide bonds. The summed E-state index contributed by atoms with van der Waals surface area (Å²) in [7, 11) is 3.44.